The van der Waals surface area contributed by atoms with Gasteiger partial charge in [0.05, 0.1) is 5.60 Å². The fourth-order valence-corrected chi connectivity index (χ4v) is 2.55. The molecule has 0 radical (unpaired) electrons. The maximum atomic E-state index is 12.6. The molecule has 3 nitrogen and oxygen atoms in total. The first kappa shape index (κ1) is 16.0. The van der Waals surface area contributed by atoms with E-state index in [1.54, 1.807) is 0 Å². The number of aryl methyl sites for hydroxylation is 1. The number of nitrogens with zero attached hydrogens (tertiary/aromatic N) is 1. The quantitative estimate of drug-likeness (QED) is 0.835. The molecule has 0 atom stereocenters. The fraction of sp³-hybridized carbons (Fsp3) is 0.611. The molecule has 21 heavy (non-hydrogen) atoms. The van der Waals surface area contributed by atoms with E-state index in [0.717, 1.165) is 43.4 Å². The molecule has 0 spiro atoms. The zero-order valence-electron chi connectivity index (χ0n) is 13.4. The molecule has 116 valence electrons. The second-order valence-corrected chi connectivity index (χ2v) is 6.74. The van der Waals surface area contributed by atoms with E-state index in [2.05, 4.69) is 6.92 Å². The van der Waals surface area contributed by atoms with Crippen LogP contribution in [0, 0.1) is 0 Å². The summed E-state index contributed by atoms with van der Waals surface area (Å²) in [5.74, 6) is 0.157. The monoisotopic (exact) mass is 289 g/mol. The van der Waals surface area contributed by atoms with Crippen molar-refractivity contribution < 1.29 is 9.90 Å². The van der Waals surface area contributed by atoms with Gasteiger partial charge in [-0.1, -0.05) is 19.1 Å². The summed E-state index contributed by atoms with van der Waals surface area (Å²) < 4.78 is 0. The van der Waals surface area contributed by atoms with E-state index >= 15 is 0 Å². The maximum Gasteiger partial charge on any atom is 0.254 e. The lowest BCUT2D eigenvalue weighted by Gasteiger charge is -2.22. The third kappa shape index (κ3) is 4.85. The molecular formula is C18H27NO2. The van der Waals surface area contributed by atoms with Crippen LogP contribution in [-0.4, -0.2) is 34.1 Å². The molecule has 3 heteroatoms. The largest absolute Gasteiger partial charge is 0.390 e. The average molecular weight is 289 g/mol. The lowest BCUT2D eigenvalue weighted by molar-refractivity contribution is 0.0714. The minimum absolute atomic E-state index is 0.157. The van der Waals surface area contributed by atoms with Gasteiger partial charge in [-0.05, 0) is 63.6 Å². The molecule has 1 fully saturated rings. The van der Waals surface area contributed by atoms with Gasteiger partial charge < -0.3 is 10.0 Å². The zero-order chi connectivity index (χ0) is 15.5. The van der Waals surface area contributed by atoms with Crippen LogP contribution in [0.2, 0.25) is 0 Å². The van der Waals surface area contributed by atoms with Crippen molar-refractivity contribution in [1.82, 2.24) is 4.90 Å². The van der Waals surface area contributed by atoms with Gasteiger partial charge in [0.15, 0.2) is 0 Å². The first-order chi connectivity index (χ1) is 9.90. The van der Waals surface area contributed by atoms with E-state index in [4.69, 9.17) is 0 Å². The van der Waals surface area contributed by atoms with Crippen molar-refractivity contribution in [3.05, 3.63) is 35.4 Å². The highest BCUT2D eigenvalue weighted by atomic mass is 16.3. The molecule has 0 bridgehead atoms. The fourth-order valence-electron chi connectivity index (χ4n) is 2.55. The van der Waals surface area contributed by atoms with E-state index < -0.39 is 5.60 Å². The van der Waals surface area contributed by atoms with E-state index in [0.29, 0.717) is 12.5 Å². The molecule has 0 aromatic heterocycles. The number of aliphatic hydroxyl groups is 1. The van der Waals surface area contributed by atoms with E-state index in [1.807, 2.05) is 43.0 Å². The van der Waals surface area contributed by atoms with Gasteiger partial charge in [-0.15, -0.1) is 0 Å². The minimum atomic E-state index is -0.664. The van der Waals surface area contributed by atoms with Crippen LogP contribution < -0.4 is 0 Å². The molecule has 1 aliphatic rings. The summed E-state index contributed by atoms with van der Waals surface area (Å²) in [5.41, 5.74) is 1.24. The van der Waals surface area contributed by atoms with Gasteiger partial charge in [-0.25, -0.2) is 0 Å². The van der Waals surface area contributed by atoms with Gasteiger partial charge >= 0.3 is 0 Å². The molecule has 1 saturated carbocycles. The highest BCUT2D eigenvalue weighted by Crippen LogP contribution is 2.28. The van der Waals surface area contributed by atoms with Crippen LogP contribution in [0.15, 0.2) is 24.3 Å². The Bertz CT molecular complexity index is 486. The van der Waals surface area contributed by atoms with Gasteiger partial charge in [-0.3, -0.25) is 4.79 Å². The Morgan fingerprint density at radius 3 is 2.67 bits per heavy atom. The summed E-state index contributed by atoms with van der Waals surface area (Å²) in [7, 11) is 0. The first-order valence-corrected chi connectivity index (χ1v) is 8.03. The van der Waals surface area contributed by atoms with Crippen molar-refractivity contribution in [3.63, 3.8) is 0 Å². The molecule has 1 aromatic rings. The predicted octanol–water partition coefficient (Wildman–Crippen LogP) is 3.40. The molecule has 0 unspecified atom stereocenters. The summed E-state index contributed by atoms with van der Waals surface area (Å²) >= 11 is 0. The molecule has 1 amide bonds. The second-order valence-electron chi connectivity index (χ2n) is 6.74. The molecule has 0 heterocycles. The van der Waals surface area contributed by atoms with Crippen molar-refractivity contribution in [2.24, 2.45) is 0 Å². The van der Waals surface area contributed by atoms with Gasteiger partial charge in [0.1, 0.15) is 0 Å². The van der Waals surface area contributed by atoms with Gasteiger partial charge in [0.2, 0.25) is 0 Å². The van der Waals surface area contributed by atoms with Crippen LogP contribution in [0.5, 0.6) is 0 Å². The second kappa shape index (κ2) is 6.61. The van der Waals surface area contributed by atoms with Crippen LogP contribution in [0.4, 0.5) is 0 Å². The number of carbonyl (C=O) groups excluding carboxylic acids is 1. The maximum absolute atomic E-state index is 12.6. The third-order valence-corrected chi connectivity index (χ3v) is 3.91. The van der Waals surface area contributed by atoms with E-state index in [1.165, 1.54) is 0 Å². The standard InChI is InChI=1S/C18H27NO2/c1-4-12-19(16-8-9-16)17(20)15-7-5-6-14(13-15)10-11-18(2,3)21/h5-7,13,16,21H,4,8-12H2,1-3H3. The van der Waals surface area contributed by atoms with Crippen LogP contribution in [0.25, 0.3) is 0 Å². The number of rotatable bonds is 7. The van der Waals surface area contributed by atoms with Crippen molar-refractivity contribution in [2.75, 3.05) is 6.54 Å². The predicted molar refractivity (Wildman–Crippen MR) is 85.4 cm³/mol. The highest BCUT2D eigenvalue weighted by Gasteiger charge is 2.32. The van der Waals surface area contributed by atoms with Crippen molar-refractivity contribution in [1.29, 1.82) is 0 Å². The van der Waals surface area contributed by atoms with Gasteiger partial charge in [0.25, 0.3) is 5.91 Å². The lowest BCUT2D eigenvalue weighted by atomic mass is 9.97. The van der Waals surface area contributed by atoms with Crippen molar-refractivity contribution >= 4 is 5.91 Å². The van der Waals surface area contributed by atoms with Crippen LogP contribution in [0.3, 0.4) is 0 Å². The highest BCUT2D eigenvalue weighted by molar-refractivity contribution is 5.94. The Hall–Kier alpha value is -1.35. The summed E-state index contributed by atoms with van der Waals surface area (Å²) in [6.45, 7) is 6.59. The Labute approximate surface area is 128 Å². The van der Waals surface area contributed by atoms with Gasteiger partial charge in [0, 0.05) is 18.2 Å². The average Bonchev–Trinajstić information content (AvgIpc) is 3.26. The number of carbonyl (C=O) groups is 1. The van der Waals surface area contributed by atoms with Crippen molar-refractivity contribution in [3.8, 4) is 0 Å². The lowest BCUT2D eigenvalue weighted by Crippen LogP contribution is -2.33. The van der Waals surface area contributed by atoms with E-state index in [9.17, 15) is 9.90 Å². The smallest absolute Gasteiger partial charge is 0.254 e. The zero-order valence-corrected chi connectivity index (χ0v) is 13.4. The number of hydrogen-bond acceptors (Lipinski definition) is 2. The van der Waals surface area contributed by atoms with Crippen LogP contribution >= 0.6 is 0 Å². The van der Waals surface area contributed by atoms with Crippen LogP contribution in [-0.2, 0) is 6.42 Å². The molecule has 1 aliphatic carbocycles. The molecule has 1 aromatic carbocycles. The Morgan fingerprint density at radius 1 is 1.38 bits per heavy atom. The molecule has 2 rings (SSSR count). The molecular weight excluding hydrogens is 262 g/mol. The minimum Gasteiger partial charge on any atom is -0.390 e. The molecule has 1 N–H and O–H groups in total. The SMILES string of the molecule is CCCN(C(=O)c1cccc(CCC(C)(C)O)c1)C1CC1. The summed E-state index contributed by atoms with van der Waals surface area (Å²) in [4.78, 5) is 14.7. The Morgan fingerprint density at radius 2 is 2.10 bits per heavy atom. The van der Waals surface area contributed by atoms with Gasteiger partial charge in [-0.2, -0.15) is 0 Å². The normalized spacial score (nSPS) is 15.0. The Kier molecular flexibility index (Phi) is 5.04. The molecule has 0 aliphatic heterocycles. The summed E-state index contributed by atoms with van der Waals surface area (Å²) in [5, 5.41) is 9.82. The van der Waals surface area contributed by atoms with Crippen LogP contribution in [0.1, 0.15) is 62.4 Å². The molecule has 0 saturated heterocycles. The number of hydrogen-bond donors (Lipinski definition) is 1. The number of benzene rings is 1. The van der Waals surface area contributed by atoms with Crippen molar-refractivity contribution in [2.45, 2.75) is 64.5 Å². The third-order valence-electron chi connectivity index (χ3n) is 3.91. The summed E-state index contributed by atoms with van der Waals surface area (Å²) in [6.07, 6.45) is 4.78. The summed E-state index contributed by atoms with van der Waals surface area (Å²) in [6, 6.07) is 8.32. The Balaban J connectivity index is 2.06. The topological polar surface area (TPSA) is 40.5 Å². The number of amides is 1. The first-order valence-electron chi connectivity index (χ1n) is 8.03. The van der Waals surface area contributed by atoms with E-state index in [-0.39, 0.29) is 5.91 Å².